The second-order valence-electron chi connectivity index (χ2n) is 5.50. The molecule has 0 bridgehead atoms. The lowest BCUT2D eigenvalue weighted by Crippen LogP contribution is -2.11. The summed E-state index contributed by atoms with van der Waals surface area (Å²) in [6, 6.07) is 17.4. The van der Waals surface area contributed by atoms with Crippen LogP contribution in [0.4, 0.5) is 0 Å². The van der Waals surface area contributed by atoms with Crippen LogP contribution in [0.15, 0.2) is 53.4 Å². The highest BCUT2D eigenvalue weighted by Crippen LogP contribution is 2.41. The Morgan fingerprint density at radius 1 is 1.15 bits per heavy atom. The van der Waals surface area contributed by atoms with Crippen LogP contribution in [0.1, 0.15) is 29.0 Å². The second kappa shape index (κ2) is 6.24. The summed E-state index contributed by atoms with van der Waals surface area (Å²) in [5, 5.41) is 0.663. The number of alkyl halides is 1. The molecule has 0 saturated heterocycles. The molecule has 0 nitrogen and oxygen atoms in total. The summed E-state index contributed by atoms with van der Waals surface area (Å²) >= 11 is 8.28. The van der Waals surface area contributed by atoms with Crippen molar-refractivity contribution in [3.63, 3.8) is 0 Å². The fraction of sp³-hybridized carbons (Fsp3) is 0.333. The maximum atomic E-state index is 6.25. The predicted octanol–water partition coefficient (Wildman–Crippen LogP) is 5.42. The summed E-state index contributed by atoms with van der Waals surface area (Å²) in [5.74, 6) is 1.17. The Kier molecular flexibility index (Phi) is 4.38. The van der Waals surface area contributed by atoms with Gasteiger partial charge in [-0.15, -0.1) is 23.4 Å². The van der Waals surface area contributed by atoms with Crippen LogP contribution < -0.4 is 0 Å². The van der Waals surface area contributed by atoms with Crippen molar-refractivity contribution in [2.45, 2.75) is 35.8 Å². The fourth-order valence-electron chi connectivity index (χ4n) is 3.02. The van der Waals surface area contributed by atoms with Crippen LogP contribution in [0.5, 0.6) is 0 Å². The number of halogens is 1. The number of rotatable bonds is 4. The largest absolute Gasteiger partial charge is 0.126 e. The lowest BCUT2D eigenvalue weighted by Gasteiger charge is -2.20. The van der Waals surface area contributed by atoms with E-state index in [0.29, 0.717) is 17.0 Å². The molecule has 2 aromatic carbocycles. The third-order valence-corrected chi connectivity index (χ3v) is 5.79. The molecule has 1 aliphatic heterocycles. The third kappa shape index (κ3) is 2.89. The highest BCUT2D eigenvalue weighted by Gasteiger charge is 2.25. The minimum Gasteiger partial charge on any atom is -0.126 e. The Bertz CT molecular complexity index is 568. The van der Waals surface area contributed by atoms with Gasteiger partial charge in [0.05, 0.1) is 0 Å². The van der Waals surface area contributed by atoms with Crippen molar-refractivity contribution < 1.29 is 0 Å². The molecule has 0 N–H and O–H groups in total. The maximum absolute atomic E-state index is 6.25. The molecule has 2 unspecified atom stereocenters. The first kappa shape index (κ1) is 14.0. The minimum absolute atomic E-state index is 0.463. The van der Waals surface area contributed by atoms with Crippen LogP contribution in [0.25, 0.3) is 0 Å². The van der Waals surface area contributed by atoms with Crippen LogP contribution >= 0.6 is 23.4 Å². The van der Waals surface area contributed by atoms with Crippen molar-refractivity contribution in [3.05, 3.63) is 65.2 Å². The summed E-state index contributed by atoms with van der Waals surface area (Å²) in [4.78, 5) is 1.45. The molecule has 0 radical (unpaired) electrons. The van der Waals surface area contributed by atoms with Gasteiger partial charge in [-0.1, -0.05) is 42.5 Å². The highest BCUT2D eigenvalue weighted by molar-refractivity contribution is 8.00. The van der Waals surface area contributed by atoms with Gasteiger partial charge in [0, 0.05) is 16.0 Å². The molecule has 0 aromatic heterocycles. The first-order chi connectivity index (χ1) is 9.78. The molecule has 1 aliphatic rings. The third-order valence-electron chi connectivity index (χ3n) is 4.08. The number of fused-ring (bicyclic) bond motifs is 1. The van der Waals surface area contributed by atoms with Crippen LogP contribution in [-0.2, 0) is 6.42 Å². The number of aryl methyl sites for hydroxylation is 1. The van der Waals surface area contributed by atoms with Crippen LogP contribution in [0.3, 0.4) is 0 Å². The predicted molar refractivity (Wildman–Crippen MR) is 89.0 cm³/mol. The van der Waals surface area contributed by atoms with Gasteiger partial charge >= 0.3 is 0 Å². The number of hydrogen-bond acceptors (Lipinski definition) is 1. The van der Waals surface area contributed by atoms with E-state index in [2.05, 4.69) is 55.5 Å². The lowest BCUT2D eigenvalue weighted by atomic mass is 9.91. The zero-order valence-electron chi connectivity index (χ0n) is 11.7. The standard InChI is InChI=1S/C18H19ClS/c1-13-6-2-4-8-17(13)15(12-19)11-16-10-14-7-3-5-9-18(14)20-16/h2-9,15-16H,10-12H2,1H3. The molecule has 0 amide bonds. The van der Waals surface area contributed by atoms with E-state index >= 15 is 0 Å². The number of benzene rings is 2. The SMILES string of the molecule is Cc1ccccc1C(CCl)CC1Cc2ccccc2S1. The second-order valence-corrected chi connectivity index (χ2v) is 7.15. The summed E-state index contributed by atoms with van der Waals surface area (Å²) in [6.45, 7) is 2.19. The van der Waals surface area contributed by atoms with Crippen LogP contribution in [0, 0.1) is 6.92 Å². The van der Waals surface area contributed by atoms with E-state index in [9.17, 15) is 0 Å². The highest BCUT2D eigenvalue weighted by atomic mass is 35.5. The smallest absolute Gasteiger partial charge is 0.0292 e. The van der Waals surface area contributed by atoms with Crippen molar-refractivity contribution >= 4 is 23.4 Å². The van der Waals surface area contributed by atoms with Crippen molar-refractivity contribution in [1.29, 1.82) is 0 Å². The van der Waals surface area contributed by atoms with E-state index < -0.39 is 0 Å². The van der Waals surface area contributed by atoms with Gasteiger partial charge in [0.15, 0.2) is 0 Å². The fourth-order valence-corrected chi connectivity index (χ4v) is 4.72. The molecule has 20 heavy (non-hydrogen) atoms. The Hall–Kier alpha value is -0.920. The first-order valence-electron chi connectivity index (χ1n) is 7.14. The Labute approximate surface area is 130 Å². The van der Waals surface area contributed by atoms with Gasteiger partial charge in [-0.3, -0.25) is 0 Å². The molecular formula is C18H19ClS. The molecular weight excluding hydrogens is 284 g/mol. The van der Waals surface area contributed by atoms with E-state index in [-0.39, 0.29) is 0 Å². The van der Waals surface area contributed by atoms with E-state index in [1.165, 1.54) is 28.0 Å². The zero-order valence-corrected chi connectivity index (χ0v) is 13.3. The van der Waals surface area contributed by atoms with Crippen molar-refractivity contribution in [1.82, 2.24) is 0 Å². The molecule has 0 fully saturated rings. The topological polar surface area (TPSA) is 0 Å². The van der Waals surface area contributed by atoms with Gasteiger partial charge in [-0.05, 0) is 48.4 Å². The van der Waals surface area contributed by atoms with Crippen LogP contribution in [-0.4, -0.2) is 11.1 Å². The Morgan fingerprint density at radius 3 is 2.65 bits per heavy atom. The average Bonchev–Trinajstić information content (AvgIpc) is 2.88. The summed E-state index contributed by atoms with van der Waals surface area (Å²) in [5.41, 5.74) is 4.28. The van der Waals surface area contributed by atoms with Crippen molar-refractivity contribution in [2.24, 2.45) is 0 Å². The van der Waals surface area contributed by atoms with E-state index in [0.717, 1.165) is 6.42 Å². The molecule has 3 rings (SSSR count). The van der Waals surface area contributed by atoms with Gasteiger partial charge < -0.3 is 0 Å². The summed E-state index contributed by atoms with van der Waals surface area (Å²) in [7, 11) is 0. The molecule has 104 valence electrons. The monoisotopic (exact) mass is 302 g/mol. The van der Waals surface area contributed by atoms with E-state index in [4.69, 9.17) is 11.6 Å². The molecule has 2 heteroatoms. The van der Waals surface area contributed by atoms with Crippen molar-refractivity contribution in [3.8, 4) is 0 Å². The first-order valence-corrected chi connectivity index (χ1v) is 8.55. The van der Waals surface area contributed by atoms with Crippen molar-refractivity contribution in [2.75, 3.05) is 5.88 Å². The van der Waals surface area contributed by atoms with Gasteiger partial charge in [0.1, 0.15) is 0 Å². The molecule has 2 atom stereocenters. The van der Waals surface area contributed by atoms with Gasteiger partial charge in [-0.25, -0.2) is 0 Å². The van der Waals surface area contributed by atoms with Crippen LogP contribution in [0.2, 0.25) is 0 Å². The molecule has 2 aromatic rings. The van der Waals surface area contributed by atoms with E-state index in [1.807, 2.05) is 11.8 Å². The van der Waals surface area contributed by atoms with Gasteiger partial charge in [0.25, 0.3) is 0 Å². The Morgan fingerprint density at radius 2 is 1.90 bits per heavy atom. The normalized spacial score (nSPS) is 18.8. The lowest BCUT2D eigenvalue weighted by molar-refractivity contribution is 0.654. The van der Waals surface area contributed by atoms with Gasteiger partial charge in [0.2, 0.25) is 0 Å². The molecule has 0 spiro atoms. The zero-order chi connectivity index (χ0) is 13.9. The summed E-state index contributed by atoms with van der Waals surface area (Å²) in [6.07, 6.45) is 2.34. The average molecular weight is 303 g/mol. The summed E-state index contributed by atoms with van der Waals surface area (Å²) < 4.78 is 0. The van der Waals surface area contributed by atoms with Gasteiger partial charge in [-0.2, -0.15) is 0 Å². The quantitative estimate of drug-likeness (QED) is 0.679. The maximum Gasteiger partial charge on any atom is 0.0292 e. The Balaban J connectivity index is 1.73. The minimum atomic E-state index is 0.463. The number of hydrogen-bond donors (Lipinski definition) is 0. The molecule has 0 aliphatic carbocycles. The molecule has 1 heterocycles. The molecule has 0 saturated carbocycles. The van der Waals surface area contributed by atoms with E-state index in [1.54, 1.807) is 0 Å². The number of thioether (sulfide) groups is 1.